The van der Waals surface area contributed by atoms with Gasteiger partial charge < -0.3 is 0 Å². The lowest BCUT2D eigenvalue weighted by molar-refractivity contribution is -0.167. The molecule has 1 aliphatic rings. The molecule has 0 radical (unpaired) electrons. The monoisotopic (exact) mass is 194 g/mol. The van der Waals surface area contributed by atoms with Crippen LogP contribution in [0.3, 0.4) is 0 Å². The minimum absolute atomic E-state index is 0.0804. The van der Waals surface area contributed by atoms with Crippen LogP contribution >= 0.6 is 11.8 Å². The highest BCUT2D eigenvalue weighted by atomic mass is 32.2. The van der Waals surface area contributed by atoms with E-state index >= 15 is 0 Å². The summed E-state index contributed by atoms with van der Waals surface area (Å²) in [5.74, 6) is -1.12. The number of alkyl halides is 2. The molecule has 1 saturated carbocycles. The maximum atomic E-state index is 12.7. The van der Waals surface area contributed by atoms with E-state index in [1.807, 2.05) is 20.1 Å². The first-order valence-corrected chi connectivity index (χ1v) is 5.68. The van der Waals surface area contributed by atoms with Crippen molar-refractivity contribution in [2.75, 3.05) is 12.0 Å². The number of thioether (sulfide) groups is 1. The molecular weight excluding hydrogens is 178 g/mol. The van der Waals surface area contributed by atoms with Crippen LogP contribution in [0.2, 0.25) is 0 Å². The molecule has 1 aliphatic carbocycles. The Hall–Kier alpha value is 0.210. The van der Waals surface area contributed by atoms with Crippen molar-refractivity contribution in [3.05, 3.63) is 0 Å². The quantitative estimate of drug-likeness (QED) is 0.663. The highest BCUT2D eigenvalue weighted by Gasteiger charge is 2.57. The molecule has 0 N–H and O–H groups in total. The molecular formula is C9H16F2S. The first kappa shape index (κ1) is 10.3. The second-order valence-corrected chi connectivity index (χ2v) is 5.03. The summed E-state index contributed by atoms with van der Waals surface area (Å²) in [7, 11) is 0. The van der Waals surface area contributed by atoms with Gasteiger partial charge in [0, 0.05) is 12.8 Å². The van der Waals surface area contributed by atoms with Crippen molar-refractivity contribution in [1.82, 2.24) is 0 Å². The Bertz CT molecular complexity index is 158. The van der Waals surface area contributed by atoms with Gasteiger partial charge in [0.2, 0.25) is 5.92 Å². The summed E-state index contributed by atoms with van der Waals surface area (Å²) in [6, 6.07) is 0. The van der Waals surface area contributed by atoms with E-state index in [0.717, 1.165) is 5.75 Å². The number of rotatable bonds is 3. The van der Waals surface area contributed by atoms with E-state index < -0.39 is 5.92 Å². The highest BCUT2D eigenvalue weighted by Crippen LogP contribution is 2.57. The molecule has 1 rings (SSSR count). The fraction of sp³-hybridized carbons (Fsp3) is 1.00. The number of hydrogen-bond acceptors (Lipinski definition) is 1. The summed E-state index contributed by atoms with van der Waals surface area (Å²) < 4.78 is 25.4. The zero-order valence-corrected chi connectivity index (χ0v) is 8.68. The Kier molecular flexibility index (Phi) is 2.72. The Morgan fingerprint density at radius 2 is 1.83 bits per heavy atom. The van der Waals surface area contributed by atoms with Gasteiger partial charge in [-0.2, -0.15) is 11.8 Å². The fourth-order valence-electron chi connectivity index (χ4n) is 1.94. The Labute approximate surface area is 77.1 Å². The molecule has 0 heterocycles. The van der Waals surface area contributed by atoms with Gasteiger partial charge in [-0.15, -0.1) is 0 Å². The highest BCUT2D eigenvalue weighted by molar-refractivity contribution is 7.98. The van der Waals surface area contributed by atoms with Crippen molar-refractivity contribution in [2.45, 2.75) is 32.6 Å². The molecule has 0 aromatic carbocycles. The van der Waals surface area contributed by atoms with Gasteiger partial charge >= 0.3 is 0 Å². The van der Waals surface area contributed by atoms with Crippen LogP contribution in [0.4, 0.5) is 8.78 Å². The topological polar surface area (TPSA) is 0 Å². The number of halogens is 2. The molecule has 0 nitrogen and oxygen atoms in total. The third kappa shape index (κ3) is 1.76. The lowest BCUT2D eigenvalue weighted by atomic mass is 9.61. The minimum atomic E-state index is -2.38. The van der Waals surface area contributed by atoms with Crippen LogP contribution in [0.25, 0.3) is 0 Å². The summed E-state index contributed by atoms with van der Waals surface area (Å²) in [6.07, 6.45) is 2.18. The molecule has 0 aliphatic heterocycles. The van der Waals surface area contributed by atoms with Gasteiger partial charge in [-0.05, 0) is 23.3 Å². The molecule has 0 amide bonds. The fourth-order valence-corrected chi connectivity index (χ4v) is 3.06. The predicted molar refractivity (Wildman–Crippen MR) is 49.8 cm³/mol. The molecule has 0 aromatic heterocycles. The normalized spacial score (nSPS) is 25.5. The maximum Gasteiger partial charge on any atom is 0.249 e. The average molecular weight is 194 g/mol. The standard InChI is InChI=1S/C9H16F2S/c1-7(2)8(6-12-3)4-9(10,11)5-8/h7H,4-6H2,1-3H3. The van der Waals surface area contributed by atoms with E-state index in [-0.39, 0.29) is 18.3 Å². The van der Waals surface area contributed by atoms with Gasteiger partial charge in [-0.1, -0.05) is 13.8 Å². The summed E-state index contributed by atoms with van der Waals surface area (Å²) >= 11 is 1.68. The smallest absolute Gasteiger partial charge is 0.207 e. The SMILES string of the molecule is CSCC1(C(C)C)CC(F)(F)C1. The summed E-state index contributed by atoms with van der Waals surface area (Å²) in [6.45, 7) is 4.09. The molecule has 0 bridgehead atoms. The van der Waals surface area contributed by atoms with Crippen molar-refractivity contribution in [3.63, 3.8) is 0 Å². The van der Waals surface area contributed by atoms with E-state index in [0.29, 0.717) is 5.92 Å². The van der Waals surface area contributed by atoms with Crippen LogP contribution in [0.15, 0.2) is 0 Å². The molecule has 0 spiro atoms. The van der Waals surface area contributed by atoms with Crippen molar-refractivity contribution in [1.29, 1.82) is 0 Å². The number of hydrogen-bond donors (Lipinski definition) is 0. The molecule has 1 fully saturated rings. The Balaban J connectivity index is 2.56. The van der Waals surface area contributed by atoms with Crippen molar-refractivity contribution in [3.8, 4) is 0 Å². The van der Waals surface area contributed by atoms with Crippen LogP contribution in [-0.2, 0) is 0 Å². The third-order valence-corrected chi connectivity index (χ3v) is 3.74. The lowest BCUT2D eigenvalue weighted by Gasteiger charge is -2.50. The van der Waals surface area contributed by atoms with Gasteiger partial charge in [0.1, 0.15) is 0 Å². The van der Waals surface area contributed by atoms with E-state index in [4.69, 9.17) is 0 Å². The maximum absolute atomic E-state index is 12.7. The zero-order chi connectivity index (χ0) is 9.41. The molecule has 12 heavy (non-hydrogen) atoms. The van der Waals surface area contributed by atoms with Gasteiger partial charge in [-0.25, -0.2) is 8.78 Å². The molecule has 72 valence electrons. The summed E-state index contributed by atoms with van der Waals surface area (Å²) in [5, 5.41) is 0. The second-order valence-electron chi connectivity index (χ2n) is 4.16. The lowest BCUT2D eigenvalue weighted by Crippen LogP contribution is -2.50. The van der Waals surface area contributed by atoms with Crippen LogP contribution in [0.1, 0.15) is 26.7 Å². The largest absolute Gasteiger partial charge is 0.249 e. The molecule has 0 saturated heterocycles. The first-order chi connectivity index (χ1) is 5.42. The van der Waals surface area contributed by atoms with E-state index in [1.165, 1.54) is 0 Å². The van der Waals surface area contributed by atoms with E-state index in [9.17, 15) is 8.78 Å². The third-order valence-electron chi connectivity index (χ3n) is 2.88. The van der Waals surface area contributed by atoms with E-state index in [2.05, 4.69) is 0 Å². The van der Waals surface area contributed by atoms with Crippen LogP contribution < -0.4 is 0 Å². The van der Waals surface area contributed by atoms with Crippen LogP contribution in [-0.4, -0.2) is 17.9 Å². The van der Waals surface area contributed by atoms with Crippen molar-refractivity contribution in [2.24, 2.45) is 11.3 Å². The van der Waals surface area contributed by atoms with E-state index in [1.54, 1.807) is 11.8 Å². The average Bonchev–Trinajstić information content (AvgIpc) is 1.83. The molecule has 0 unspecified atom stereocenters. The molecule has 0 aromatic rings. The van der Waals surface area contributed by atoms with Gasteiger partial charge in [0.05, 0.1) is 0 Å². The Morgan fingerprint density at radius 3 is 2.08 bits per heavy atom. The zero-order valence-electron chi connectivity index (χ0n) is 7.86. The van der Waals surface area contributed by atoms with Crippen molar-refractivity contribution < 1.29 is 8.78 Å². The van der Waals surface area contributed by atoms with Crippen LogP contribution in [0, 0.1) is 11.3 Å². The van der Waals surface area contributed by atoms with Gasteiger partial charge in [-0.3, -0.25) is 0 Å². The molecule has 3 heteroatoms. The van der Waals surface area contributed by atoms with Crippen molar-refractivity contribution >= 4 is 11.8 Å². The Morgan fingerprint density at radius 1 is 1.33 bits per heavy atom. The van der Waals surface area contributed by atoms with Gasteiger partial charge in [0.15, 0.2) is 0 Å². The summed E-state index contributed by atoms with van der Waals surface area (Å²) in [4.78, 5) is 0. The van der Waals surface area contributed by atoms with Gasteiger partial charge in [0.25, 0.3) is 0 Å². The van der Waals surface area contributed by atoms with Crippen LogP contribution in [0.5, 0.6) is 0 Å². The second kappa shape index (κ2) is 3.17. The molecule has 0 atom stereocenters. The minimum Gasteiger partial charge on any atom is -0.207 e. The predicted octanol–water partition coefficient (Wildman–Crippen LogP) is 3.42. The summed E-state index contributed by atoms with van der Waals surface area (Å²) in [5.41, 5.74) is -0.0804. The first-order valence-electron chi connectivity index (χ1n) is 4.29.